The molecule has 3 rings (SSSR count). The number of hydrazone groups is 1. The van der Waals surface area contributed by atoms with E-state index in [1.807, 2.05) is 42.5 Å². The fourth-order valence-corrected chi connectivity index (χ4v) is 2.42. The van der Waals surface area contributed by atoms with Crippen molar-refractivity contribution in [3.8, 4) is 16.9 Å². The van der Waals surface area contributed by atoms with Crippen molar-refractivity contribution in [3.63, 3.8) is 0 Å². The Morgan fingerprint density at radius 3 is 2.25 bits per heavy atom. The molecule has 0 spiro atoms. The number of rotatable bonds is 7. The molecule has 0 saturated heterocycles. The molecule has 0 aromatic heterocycles. The maximum absolute atomic E-state index is 11.8. The van der Waals surface area contributed by atoms with Crippen LogP contribution in [0.15, 0.2) is 84.0 Å². The molecule has 0 unspecified atom stereocenters. The molecular weight excluding hydrogens is 358 g/mol. The van der Waals surface area contributed by atoms with Crippen molar-refractivity contribution in [3.05, 3.63) is 94.5 Å². The molecule has 0 radical (unpaired) electrons. The van der Waals surface area contributed by atoms with Gasteiger partial charge in [0, 0.05) is 12.1 Å². The van der Waals surface area contributed by atoms with Crippen molar-refractivity contribution in [2.45, 2.75) is 0 Å². The topological polar surface area (TPSA) is 93.8 Å². The van der Waals surface area contributed by atoms with Crippen LogP contribution in [0.2, 0.25) is 0 Å². The fourth-order valence-electron chi connectivity index (χ4n) is 2.42. The van der Waals surface area contributed by atoms with E-state index in [2.05, 4.69) is 10.5 Å². The van der Waals surface area contributed by atoms with Gasteiger partial charge in [-0.1, -0.05) is 42.5 Å². The molecule has 140 valence electrons. The van der Waals surface area contributed by atoms with Gasteiger partial charge in [-0.2, -0.15) is 5.10 Å². The summed E-state index contributed by atoms with van der Waals surface area (Å²) in [5.74, 6) is 0.166. The van der Waals surface area contributed by atoms with Crippen molar-refractivity contribution in [2.24, 2.45) is 5.10 Å². The Morgan fingerprint density at radius 1 is 0.964 bits per heavy atom. The van der Waals surface area contributed by atoms with Crippen molar-refractivity contribution < 1.29 is 14.5 Å². The van der Waals surface area contributed by atoms with E-state index >= 15 is 0 Å². The summed E-state index contributed by atoms with van der Waals surface area (Å²) in [5.41, 5.74) is 5.13. The molecule has 0 aliphatic rings. The lowest BCUT2D eigenvalue weighted by atomic mass is 10.1. The van der Waals surface area contributed by atoms with Crippen LogP contribution >= 0.6 is 0 Å². The zero-order chi connectivity index (χ0) is 19.8. The van der Waals surface area contributed by atoms with Crippen LogP contribution in [0.1, 0.15) is 5.56 Å². The minimum Gasteiger partial charge on any atom is -0.484 e. The minimum absolute atomic E-state index is 0.00660. The predicted octanol–water partition coefficient (Wildman–Crippen LogP) is 3.79. The Kier molecular flexibility index (Phi) is 6.10. The van der Waals surface area contributed by atoms with E-state index in [4.69, 9.17) is 4.74 Å². The average Bonchev–Trinajstić information content (AvgIpc) is 2.73. The van der Waals surface area contributed by atoms with Crippen LogP contribution in [0.4, 0.5) is 5.69 Å². The maximum Gasteiger partial charge on any atom is 0.277 e. The number of nitro groups is 1. The third-order valence-electron chi connectivity index (χ3n) is 3.84. The monoisotopic (exact) mass is 375 g/mol. The number of nitro benzene ring substituents is 1. The number of nitrogens with one attached hydrogen (secondary N) is 1. The number of carbonyl (C=O) groups is 1. The summed E-state index contributed by atoms with van der Waals surface area (Å²) in [4.78, 5) is 21.9. The molecule has 0 saturated carbocycles. The van der Waals surface area contributed by atoms with Crippen LogP contribution in [-0.2, 0) is 4.79 Å². The van der Waals surface area contributed by atoms with Gasteiger partial charge in [0.25, 0.3) is 11.6 Å². The summed E-state index contributed by atoms with van der Waals surface area (Å²) in [6, 6.07) is 23.2. The van der Waals surface area contributed by atoms with Crippen molar-refractivity contribution in [1.29, 1.82) is 0 Å². The number of non-ortho nitro benzene ring substituents is 1. The molecule has 0 aliphatic carbocycles. The largest absolute Gasteiger partial charge is 0.484 e. The number of hydrogen-bond acceptors (Lipinski definition) is 5. The summed E-state index contributed by atoms with van der Waals surface area (Å²) in [6.07, 6.45) is 1.40. The molecule has 0 bridgehead atoms. The normalized spacial score (nSPS) is 10.6. The standard InChI is InChI=1S/C21H17N3O4/c25-21(23-22-14-16-6-10-19(11-7-16)24(26)27)15-28-20-12-8-18(9-13-20)17-4-2-1-3-5-17/h1-14H,15H2,(H,23,25)/b22-14+. The number of carbonyl (C=O) groups excluding carboxylic acids is 1. The summed E-state index contributed by atoms with van der Waals surface area (Å²) in [6.45, 7) is -0.178. The Labute approximate surface area is 161 Å². The van der Waals surface area contributed by atoms with Crippen LogP contribution in [0.25, 0.3) is 11.1 Å². The molecule has 0 aliphatic heterocycles. The van der Waals surface area contributed by atoms with Gasteiger partial charge in [0.2, 0.25) is 0 Å². The number of benzene rings is 3. The Hall–Kier alpha value is -4.00. The van der Waals surface area contributed by atoms with Crippen LogP contribution < -0.4 is 10.2 Å². The second-order valence-electron chi connectivity index (χ2n) is 5.82. The third-order valence-corrected chi connectivity index (χ3v) is 3.84. The average molecular weight is 375 g/mol. The molecule has 0 fully saturated rings. The highest BCUT2D eigenvalue weighted by Gasteiger charge is 2.04. The maximum atomic E-state index is 11.8. The van der Waals surface area contributed by atoms with Gasteiger partial charge in [-0.05, 0) is 41.0 Å². The van der Waals surface area contributed by atoms with Gasteiger partial charge >= 0.3 is 0 Å². The highest BCUT2D eigenvalue weighted by molar-refractivity contribution is 5.83. The van der Waals surface area contributed by atoms with Crippen LogP contribution in [0.3, 0.4) is 0 Å². The number of amides is 1. The Balaban J connectivity index is 1.47. The molecule has 0 heterocycles. The molecule has 0 atom stereocenters. The van der Waals surface area contributed by atoms with E-state index in [-0.39, 0.29) is 12.3 Å². The molecule has 1 N–H and O–H groups in total. The molecular formula is C21H17N3O4. The summed E-state index contributed by atoms with van der Waals surface area (Å²) >= 11 is 0. The van der Waals surface area contributed by atoms with Crippen molar-refractivity contribution in [1.82, 2.24) is 5.43 Å². The quantitative estimate of drug-likeness (QED) is 0.386. The van der Waals surface area contributed by atoms with Crippen LogP contribution in [0.5, 0.6) is 5.75 Å². The van der Waals surface area contributed by atoms with Crippen molar-refractivity contribution >= 4 is 17.8 Å². The van der Waals surface area contributed by atoms with E-state index in [9.17, 15) is 14.9 Å². The SMILES string of the molecule is O=C(COc1ccc(-c2ccccc2)cc1)N/N=C/c1ccc([N+](=O)[O-])cc1. The highest BCUT2D eigenvalue weighted by atomic mass is 16.6. The van der Waals surface area contributed by atoms with Gasteiger partial charge in [-0.3, -0.25) is 14.9 Å². The molecule has 7 heteroatoms. The zero-order valence-corrected chi connectivity index (χ0v) is 14.8. The van der Waals surface area contributed by atoms with Crippen LogP contribution in [0, 0.1) is 10.1 Å². The van der Waals surface area contributed by atoms with E-state index in [0.29, 0.717) is 11.3 Å². The zero-order valence-electron chi connectivity index (χ0n) is 14.8. The number of nitrogens with zero attached hydrogens (tertiary/aromatic N) is 2. The Morgan fingerprint density at radius 2 is 1.61 bits per heavy atom. The predicted molar refractivity (Wildman–Crippen MR) is 106 cm³/mol. The first kappa shape index (κ1) is 18.8. The molecule has 1 amide bonds. The van der Waals surface area contributed by atoms with Gasteiger partial charge in [-0.25, -0.2) is 5.43 Å². The summed E-state index contributed by atoms with van der Waals surface area (Å²) in [5, 5.41) is 14.4. The van der Waals surface area contributed by atoms with Crippen LogP contribution in [-0.4, -0.2) is 23.7 Å². The number of hydrogen-bond donors (Lipinski definition) is 1. The van der Waals surface area contributed by atoms with Gasteiger partial charge in [0.15, 0.2) is 6.61 Å². The van der Waals surface area contributed by atoms with Crippen molar-refractivity contribution in [2.75, 3.05) is 6.61 Å². The fraction of sp³-hybridized carbons (Fsp3) is 0.0476. The van der Waals surface area contributed by atoms with E-state index < -0.39 is 10.8 Å². The summed E-state index contributed by atoms with van der Waals surface area (Å²) in [7, 11) is 0. The third kappa shape index (κ3) is 5.25. The highest BCUT2D eigenvalue weighted by Crippen LogP contribution is 2.21. The van der Waals surface area contributed by atoms with Gasteiger partial charge in [-0.15, -0.1) is 0 Å². The lowest BCUT2D eigenvalue weighted by Gasteiger charge is -2.06. The smallest absolute Gasteiger partial charge is 0.277 e. The second kappa shape index (κ2) is 9.09. The molecule has 28 heavy (non-hydrogen) atoms. The minimum atomic E-state index is -0.480. The van der Waals surface area contributed by atoms with E-state index in [1.54, 1.807) is 24.3 Å². The molecule has 7 nitrogen and oxygen atoms in total. The van der Waals surface area contributed by atoms with E-state index in [0.717, 1.165) is 11.1 Å². The van der Waals surface area contributed by atoms with Gasteiger partial charge < -0.3 is 4.74 Å². The van der Waals surface area contributed by atoms with E-state index in [1.165, 1.54) is 18.3 Å². The van der Waals surface area contributed by atoms with Gasteiger partial charge in [0.05, 0.1) is 11.1 Å². The number of ether oxygens (including phenoxy) is 1. The lowest BCUT2D eigenvalue weighted by molar-refractivity contribution is -0.384. The first-order valence-electron chi connectivity index (χ1n) is 8.46. The molecule has 3 aromatic rings. The Bertz CT molecular complexity index is 969. The lowest BCUT2D eigenvalue weighted by Crippen LogP contribution is -2.24. The first-order valence-corrected chi connectivity index (χ1v) is 8.46. The first-order chi connectivity index (χ1) is 13.6. The second-order valence-corrected chi connectivity index (χ2v) is 5.82. The van der Waals surface area contributed by atoms with Gasteiger partial charge in [0.1, 0.15) is 5.75 Å². The summed E-state index contributed by atoms with van der Waals surface area (Å²) < 4.78 is 5.44. The molecule has 3 aromatic carbocycles.